The lowest BCUT2D eigenvalue weighted by Crippen LogP contribution is -2.18. The molecule has 2 heteroatoms. The van der Waals surface area contributed by atoms with Gasteiger partial charge in [-0.25, -0.2) is 0 Å². The van der Waals surface area contributed by atoms with Crippen molar-refractivity contribution in [1.82, 2.24) is 0 Å². The van der Waals surface area contributed by atoms with E-state index in [2.05, 4.69) is 44.0 Å². The highest BCUT2D eigenvalue weighted by Gasteiger charge is 2.41. The number of alkyl halides is 2. The van der Waals surface area contributed by atoms with E-state index < -0.39 is 0 Å². The van der Waals surface area contributed by atoms with Crippen LogP contribution in [0.25, 0.3) is 0 Å². The summed E-state index contributed by atoms with van der Waals surface area (Å²) >= 11 is 7.33. The molecule has 0 aromatic heterocycles. The third kappa shape index (κ3) is 0.829. The average Bonchev–Trinajstić information content (AvgIpc) is 2.37. The minimum atomic E-state index is 0.688. The SMILES string of the molecule is Br[C@@H]1[C@@H](Br)[C@H]2C=C[C@H]1C2. The topological polar surface area (TPSA) is 0 Å². The summed E-state index contributed by atoms with van der Waals surface area (Å²) in [5.74, 6) is 1.61. The Labute approximate surface area is 72.0 Å². The predicted molar refractivity (Wildman–Crippen MR) is 46.2 cm³/mol. The zero-order chi connectivity index (χ0) is 6.43. The van der Waals surface area contributed by atoms with Gasteiger partial charge in [0, 0.05) is 9.65 Å². The zero-order valence-corrected chi connectivity index (χ0v) is 8.10. The van der Waals surface area contributed by atoms with Gasteiger partial charge in [-0.1, -0.05) is 44.0 Å². The van der Waals surface area contributed by atoms with E-state index in [0.717, 1.165) is 11.8 Å². The van der Waals surface area contributed by atoms with Crippen molar-refractivity contribution >= 4 is 31.9 Å². The Morgan fingerprint density at radius 2 is 1.44 bits per heavy atom. The molecule has 0 spiro atoms. The first-order valence-corrected chi connectivity index (χ1v) is 5.08. The van der Waals surface area contributed by atoms with Crippen LogP contribution in [0.1, 0.15) is 6.42 Å². The lowest BCUT2D eigenvalue weighted by atomic mass is 10.1. The van der Waals surface area contributed by atoms with Crippen LogP contribution >= 0.6 is 31.9 Å². The number of halogens is 2. The van der Waals surface area contributed by atoms with Gasteiger partial charge in [-0.05, 0) is 18.3 Å². The summed E-state index contributed by atoms with van der Waals surface area (Å²) in [6.07, 6.45) is 6.02. The summed E-state index contributed by atoms with van der Waals surface area (Å²) in [6, 6.07) is 0. The summed E-state index contributed by atoms with van der Waals surface area (Å²) in [5, 5.41) is 0. The van der Waals surface area contributed by atoms with Gasteiger partial charge in [-0.3, -0.25) is 0 Å². The van der Waals surface area contributed by atoms with Crippen molar-refractivity contribution in [2.75, 3.05) is 0 Å². The normalized spacial score (nSPS) is 54.9. The number of hydrogen-bond donors (Lipinski definition) is 0. The number of rotatable bonds is 0. The smallest absolute Gasteiger partial charge is 0.0339 e. The standard InChI is InChI=1S/C7H8Br2/c8-6-4-1-2-5(3-4)7(6)9/h1-2,4-7H,3H2/t4-,5-,6-,7-/m0/s1. The Morgan fingerprint density at radius 1 is 1.00 bits per heavy atom. The molecule has 0 nitrogen and oxygen atoms in total. The maximum absolute atomic E-state index is 3.66. The Balaban J connectivity index is 2.26. The molecule has 0 aromatic rings. The van der Waals surface area contributed by atoms with Crippen LogP contribution in [-0.4, -0.2) is 9.65 Å². The van der Waals surface area contributed by atoms with Gasteiger partial charge in [0.15, 0.2) is 0 Å². The van der Waals surface area contributed by atoms with E-state index in [1.807, 2.05) is 0 Å². The fourth-order valence-corrected chi connectivity index (χ4v) is 3.27. The minimum absolute atomic E-state index is 0.688. The molecule has 2 aliphatic rings. The van der Waals surface area contributed by atoms with Gasteiger partial charge in [0.05, 0.1) is 0 Å². The maximum Gasteiger partial charge on any atom is 0.0339 e. The maximum atomic E-state index is 3.66. The van der Waals surface area contributed by atoms with E-state index >= 15 is 0 Å². The molecule has 0 heterocycles. The molecule has 2 aliphatic carbocycles. The van der Waals surface area contributed by atoms with Gasteiger partial charge in [-0.15, -0.1) is 0 Å². The third-order valence-corrected chi connectivity index (χ3v) is 5.48. The van der Waals surface area contributed by atoms with Crippen molar-refractivity contribution in [3.8, 4) is 0 Å². The summed E-state index contributed by atoms with van der Waals surface area (Å²) in [4.78, 5) is 1.38. The molecule has 1 saturated carbocycles. The molecule has 0 N–H and O–H groups in total. The van der Waals surface area contributed by atoms with Crippen molar-refractivity contribution in [2.45, 2.75) is 16.1 Å². The van der Waals surface area contributed by atoms with Crippen LogP contribution in [0.5, 0.6) is 0 Å². The molecule has 2 rings (SSSR count). The molecule has 0 radical (unpaired) electrons. The molecule has 0 saturated heterocycles. The van der Waals surface area contributed by atoms with Gasteiger partial charge >= 0.3 is 0 Å². The van der Waals surface area contributed by atoms with E-state index in [-0.39, 0.29) is 0 Å². The van der Waals surface area contributed by atoms with Crippen LogP contribution in [0.15, 0.2) is 12.2 Å². The van der Waals surface area contributed by atoms with Crippen LogP contribution in [0.2, 0.25) is 0 Å². The lowest BCUT2D eigenvalue weighted by molar-refractivity contribution is 0.699. The molecule has 1 fully saturated rings. The predicted octanol–water partition coefficient (Wildman–Crippen LogP) is 2.72. The van der Waals surface area contributed by atoms with Crippen LogP contribution < -0.4 is 0 Å². The largest absolute Gasteiger partial charge is 0.0872 e. The summed E-state index contributed by atoms with van der Waals surface area (Å²) in [5.41, 5.74) is 0. The van der Waals surface area contributed by atoms with E-state index in [9.17, 15) is 0 Å². The molecule has 9 heavy (non-hydrogen) atoms. The Bertz CT molecular complexity index is 137. The molecular weight excluding hydrogens is 244 g/mol. The van der Waals surface area contributed by atoms with E-state index in [4.69, 9.17) is 0 Å². The van der Waals surface area contributed by atoms with Crippen molar-refractivity contribution in [1.29, 1.82) is 0 Å². The van der Waals surface area contributed by atoms with E-state index in [0.29, 0.717) is 9.65 Å². The first-order valence-electron chi connectivity index (χ1n) is 3.25. The molecule has 50 valence electrons. The van der Waals surface area contributed by atoms with Crippen LogP contribution in [0.4, 0.5) is 0 Å². The highest BCUT2D eigenvalue weighted by molar-refractivity contribution is 9.12. The second kappa shape index (κ2) is 2.09. The zero-order valence-electron chi connectivity index (χ0n) is 4.93. The van der Waals surface area contributed by atoms with Gasteiger partial charge in [-0.2, -0.15) is 0 Å². The Kier molecular flexibility index (Phi) is 1.49. The van der Waals surface area contributed by atoms with Crippen molar-refractivity contribution in [3.63, 3.8) is 0 Å². The summed E-state index contributed by atoms with van der Waals surface area (Å²) in [7, 11) is 0. The molecule has 4 atom stereocenters. The van der Waals surface area contributed by atoms with Gasteiger partial charge < -0.3 is 0 Å². The van der Waals surface area contributed by atoms with Gasteiger partial charge in [0.25, 0.3) is 0 Å². The Morgan fingerprint density at radius 3 is 1.67 bits per heavy atom. The van der Waals surface area contributed by atoms with E-state index in [1.54, 1.807) is 0 Å². The third-order valence-electron chi connectivity index (χ3n) is 2.27. The van der Waals surface area contributed by atoms with Crippen molar-refractivity contribution in [2.24, 2.45) is 11.8 Å². The second-order valence-electron chi connectivity index (χ2n) is 2.84. The van der Waals surface area contributed by atoms with Crippen molar-refractivity contribution in [3.05, 3.63) is 12.2 Å². The quantitative estimate of drug-likeness (QED) is 0.459. The first-order chi connectivity index (χ1) is 4.29. The fraction of sp³-hybridized carbons (Fsp3) is 0.714. The molecule has 0 aliphatic heterocycles. The fourth-order valence-electron chi connectivity index (χ4n) is 1.70. The molecule has 0 unspecified atom stereocenters. The van der Waals surface area contributed by atoms with Crippen LogP contribution in [-0.2, 0) is 0 Å². The molecule has 0 amide bonds. The first kappa shape index (κ1) is 6.41. The number of hydrogen-bond acceptors (Lipinski definition) is 0. The second-order valence-corrected chi connectivity index (χ2v) is 4.95. The minimum Gasteiger partial charge on any atom is -0.0872 e. The van der Waals surface area contributed by atoms with Crippen LogP contribution in [0, 0.1) is 11.8 Å². The Hall–Kier alpha value is 0.700. The monoisotopic (exact) mass is 250 g/mol. The summed E-state index contributed by atoms with van der Waals surface area (Å²) < 4.78 is 0. The number of allylic oxidation sites excluding steroid dienone is 2. The van der Waals surface area contributed by atoms with E-state index in [1.165, 1.54) is 6.42 Å². The highest BCUT2D eigenvalue weighted by Crippen LogP contribution is 2.46. The average molecular weight is 252 g/mol. The lowest BCUT2D eigenvalue weighted by Gasteiger charge is -2.16. The molecule has 2 bridgehead atoms. The highest BCUT2D eigenvalue weighted by atomic mass is 79.9. The van der Waals surface area contributed by atoms with Gasteiger partial charge in [0.1, 0.15) is 0 Å². The van der Waals surface area contributed by atoms with Crippen molar-refractivity contribution < 1.29 is 0 Å². The molecule has 0 aromatic carbocycles. The number of fused-ring (bicyclic) bond motifs is 2. The van der Waals surface area contributed by atoms with Gasteiger partial charge in [0.2, 0.25) is 0 Å². The summed E-state index contributed by atoms with van der Waals surface area (Å²) in [6.45, 7) is 0. The van der Waals surface area contributed by atoms with Crippen LogP contribution in [0.3, 0.4) is 0 Å². The molecular formula is C7H8Br2.